The maximum atomic E-state index is 12.3. The molecule has 164 valence electrons. The largest absolute Gasteiger partial charge is 0.444 e. The normalized spacial score (nSPS) is 12.5. The van der Waals surface area contributed by atoms with Crippen LogP contribution in [-0.2, 0) is 16.0 Å². The average molecular weight is 435 g/mol. The zero-order chi connectivity index (χ0) is 22.3. The molecule has 8 nitrogen and oxygen atoms in total. The van der Waals surface area contributed by atoms with Crippen molar-refractivity contribution in [3.8, 4) is 0 Å². The second-order valence-electron chi connectivity index (χ2n) is 8.12. The number of carbonyl (C=O) groups excluding carboxylic acids is 2. The van der Waals surface area contributed by atoms with E-state index in [2.05, 4.69) is 20.8 Å². The van der Waals surface area contributed by atoms with Crippen LogP contribution in [0.15, 0.2) is 33.9 Å². The number of ether oxygens (including phenoxy) is 1. The van der Waals surface area contributed by atoms with E-state index in [1.807, 2.05) is 45.0 Å². The Morgan fingerprint density at radius 1 is 1.20 bits per heavy atom. The Morgan fingerprint density at radius 2 is 1.90 bits per heavy atom. The van der Waals surface area contributed by atoms with E-state index in [9.17, 15) is 9.59 Å². The molecule has 2 N–H and O–H groups in total. The van der Waals surface area contributed by atoms with Gasteiger partial charge in [-0.2, -0.15) is 0 Å². The molecule has 1 aromatic heterocycles. The summed E-state index contributed by atoms with van der Waals surface area (Å²) in [6.07, 6.45) is 0.278. The molecule has 0 radical (unpaired) electrons. The second kappa shape index (κ2) is 10.5. The Morgan fingerprint density at radius 3 is 2.53 bits per heavy atom. The van der Waals surface area contributed by atoms with Gasteiger partial charge in [-0.3, -0.25) is 4.79 Å². The van der Waals surface area contributed by atoms with Gasteiger partial charge in [-0.25, -0.2) is 4.79 Å². The summed E-state index contributed by atoms with van der Waals surface area (Å²) in [5.74, 6) is 0.249. The molecule has 0 aliphatic rings. The summed E-state index contributed by atoms with van der Waals surface area (Å²) in [6, 6.07) is 7.20. The van der Waals surface area contributed by atoms with Gasteiger partial charge in [0.1, 0.15) is 11.6 Å². The monoisotopic (exact) mass is 434 g/mol. The van der Waals surface area contributed by atoms with E-state index in [0.717, 1.165) is 29.4 Å². The summed E-state index contributed by atoms with van der Waals surface area (Å²) >= 11 is 1.14. The summed E-state index contributed by atoms with van der Waals surface area (Å²) in [7, 11) is 0. The van der Waals surface area contributed by atoms with E-state index in [0.29, 0.717) is 0 Å². The molecule has 2 rings (SSSR count). The van der Waals surface area contributed by atoms with E-state index in [-0.39, 0.29) is 28.7 Å². The topological polar surface area (TPSA) is 106 Å². The fourth-order valence-electron chi connectivity index (χ4n) is 2.62. The number of aryl methyl sites for hydroxylation is 1. The van der Waals surface area contributed by atoms with Gasteiger partial charge in [0.15, 0.2) is 0 Å². The lowest BCUT2D eigenvalue weighted by atomic mass is 10.1. The van der Waals surface area contributed by atoms with Gasteiger partial charge in [-0.15, -0.1) is 10.2 Å². The number of nitrogens with zero attached hydrogens (tertiary/aromatic N) is 2. The number of carbonyl (C=O) groups is 2. The van der Waals surface area contributed by atoms with Crippen LogP contribution in [0.4, 0.5) is 10.5 Å². The summed E-state index contributed by atoms with van der Waals surface area (Å²) in [6.45, 7) is 11.3. The fourth-order valence-corrected chi connectivity index (χ4v) is 3.19. The van der Waals surface area contributed by atoms with Crippen LogP contribution >= 0.6 is 11.8 Å². The second-order valence-corrected chi connectivity index (χ2v) is 9.05. The Kier molecular flexibility index (Phi) is 8.28. The van der Waals surface area contributed by atoms with Crippen molar-refractivity contribution in [3.63, 3.8) is 0 Å². The molecule has 1 heterocycles. The number of rotatable bonds is 8. The maximum absolute atomic E-state index is 12.3. The molecule has 1 aromatic carbocycles. The van der Waals surface area contributed by atoms with Crippen LogP contribution in [0.1, 0.15) is 59.0 Å². The average Bonchev–Trinajstić information content (AvgIpc) is 3.12. The lowest BCUT2D eigenvalue weighted by Crippen LogP contribution is -2.37. The molecule has 30 heavy (non-hydrogen) atoms. The highest BCUT2D eigenvalue weighted by Crippen LogP contribution is 2.25. The number of thioether (sulfide) groups is 1. The smallest absolute Gasteiger partial charge is 0.408 e. The first kappa shape index (κ1) is 23.7. The molecule has 9 heteroatoms. The number of anilines is 1. The minimum Gasteiger partial charge on any atom is -0.444 e. The van der Waals surface area contributed by atoms with Gasteiger partial charge in [0, 0.05) is 5.69 Å². The first-order valence-electron chi connectivity index (χ1n) is 9.92. The van der Waals surface area contributed by atoms with Gasteiger partial charge in [-0.05, 0) is 44.7 Å². The third kappa shape index (κ3) is 7.37. The van der Waals surface area contributed by atoms with Crippen LogP contribution in [-0.4, -0.2) is 33.6 Å². The number of para-hydroxylation sites is 1. The van der Waals surface area contributed by atoms with Gasteiger partial charge in [0.05, 0.1) is 5.75 Å². The summed E-state index contributed by atoms with van der Waals surface area (Å²) in [5.41, 5.74) is 1.27. The van der Waals surface area contributed by atoms with Crippen molar-refractivity contribution in [2.45, 2.75) is 64.8 Å². The van der Waals surface area contributed by atoms with Gasteiger partial charge in [0.2, 0.25) is 11.8 Å². The lowest BCUT2D eigenvalue weighted by molar-refractivity contribution is -0.113. The standard InChI is InChI=1S/C21H30N4O4S/c1-7-14-10-8-9-11-15(14)22-16(26)12-30-20-25-24-18(28-20)17(13(2)3)23-19(27)29-21(4,5)6/h8-11,13,17H,7,12H2,1-6H3,(H,22,26)(H,23,27)/t17-/m0/s1. The molecule has 2 aromatic rings. The van der Waals surface area contributed by atoms with Crippen molar-refractivity contribution in [2.75, 3.05) is 11.1 Å². The number of benzene rings is 1. The number of nitrogens with one attached hydrogen (secondary N) is 2. The highest BCUT2D eigenvalue weighted by Gasteiger charge is 2.27. The first-order chi connectivity index (χ1) is 14.1. The predicted octanol–water partition coefficient (Wildman–Crippen LogP) is 4.58. The molecule has 0 aliphatic heterocycles. The zero-order valence-corrected chi connectivity index (χ0v) is 19.1. The number of hydrogen-bond donors (Lipinski definition) is 2. The minimum atomic E-state index is -0.606. The Balaban J connectivity index is 1.95. The zero-order valence-electron chi connectivity index (χ0n) is 18.3. The third-order valence-electron chi connectivity index (χ3n) is 4.03. The predicted molar refractivity (Wildman–Crippen MR) is 116 cm³/mol. The van der Waals surface area contributed by atoms with E-state index in [1.165, 1.54) is 0 Å². The highest BCUT2D eigenvalue weighted by molar-refractivity contribution is 7.99. The number of amides is 2. The van der Waals surface area contributed by atoms with Crippen molar-refractivity contribution < 1.29 is 18.7 Å². The molecule has 0 saturated heterocycles. The van der Waals surface area contributed by atoms with Gasteiger partial charge in [0.25, 0.3) is 5.22 Å². The summed E-state index contributed by atoms with van der Waals surface area (Å²) in [4.78, 5) is 24.4. The lowest BCUT2D eigenvalue weighted by Gasteiger charge is -2.23. The number of alkyl carbamates (subject to hydrolysis) is 1. The van der Waals surface area contributed by atoms with E-state index >= 15 is 0 Å². The van der Waals surface area contributed by atoms with E-state index < -0.39 is 17.7 Å². The Bertz CT molecular complexity index is 861. The van der Waals surface area contributed by atoms with Crippen molar-refractivity contribution in [3.05, 3.63) is 35.7 Å². The van der Waals surface area contributed by atoms with Crippen LogP contribution in [0, 0.1) is 5.92 Å². The quantitative estimate of drug-likeness (QED) is 0.585. The Labute approximate surface area is 181 Å². The van der Waals surface area contributed by atoms with Gasteiger partial charge >= 0.3 is 6.09 Å². The van der Waals surface area contributed by atoms with Crippen molar-refractivity contribution in [1.29, 1.82) is 0 Å². The van der Waals surface area contributed by atoms with Crippen LogP contribution in [0.2, 0.25) is 0 Å². The molecule has 0 unspecified atom stereocenters. The SMILES string of the molecule is CCc1ccccc1NC(=O)CSc1nnc([C@@H](NC(=O)OC(C)(C)C)C(C)C)o1. The molecule has 0 aliphatic carbocycles. The molecule has 2 amide bonds. The molecule has 1 atom stereocenters. The van der Waals surface area contributed by atoms with Crippen LogP contribution < -0.4 is 10.6 Å². The molecule has 0 saturated carbocycles. The van der Waals surface area contributed by atoms with Crippen LogP contribution in [0.5, 0.6) is 0 Å². The summed E-state index contributed by atoms with van der Waals surface area (Å²) in [5, 5.41) is 14.0. The molecular weight excluding hydrogens is 404 g/mol. The summed E-state index contributed by atoms with van der Waals surface area (Å²) < 4.78 is 11.0. The number of aromatic nitrogens is 2. The third-order valence-corrected chi connectivity index (χ3v) is 4.84. The van der Waals surface area contributed by atoms with Crippen molar-refractivity contribution in [2.24, 2.45) is 5.92 Å². The van der Waals surface area contributed by atoms with E-state index in [1.54, 1.807) is 20.8 Å². The van der Waals surface area contributed by atoms with Gasteiger partial charge in [-0.1, -0.05) is 50.7 Å². The fraction of sp³-hybridized carbons (Fsp3) is 0.524. The van der Waals surface area contributed by atoms with Crippen LogP contribution in [0.25, 0.3) is 0 Å². The highest BCUT2D eigenvalue weighted by atomic mass is 32.2. The maximum Gasteiger partial charge on any atom is 0.408 e. The molecule has 0 bridgehead atoms. The van der Waals surface area contributed by atoms with Crippen LogP contribution in [0.3, 0.4) is 0 Å². The van der Waals surface area contributed by atoms with Crippen molar-refractivity contribution in [1.82, 2.24) is 15.5 Å². The molecular formula is C21H30N4O4S. The minimum absolute atomic E-state index is 0.00432. The molecule has 0 fully saturated rings. The molecule has 0 spiro atoms. The Hall–Kier alpha value is -2.55. The number of hydrogen-bond acceptors (Lipinski definition) is 7. The van der Waals surface area contributed by atoms with Crippen molar-refractivity contribution >= 4 is 29.4 Å². The van der Waals surface area contributed by atoms with Gasteiger partial charge < -0.3 is 19.8 Å². The van der Waals surface area contributed by atoms with E-state index in [4.69, 9.17) is 9.15 Å². The first-order valence-corrected chi connectivity index (χ1v) is 10.9.